The van der Waals surface area contributed by atoms with Crippen LogP contribution in [-0.4, -0.2) is 37.2 Å². The van der Waals surface area contributed by atoms with Crippen LogP contribution in [-0.2, 0) is 9.53 Å². The van der Waals surface area contributed by atoms with Gasteiger partial charge in [-0.1, -0.05) is 18.2 Å². The van der Waals surface area contributed by atoms with Crippen molar-refractivity contribution in [2.24, 2.45) is 0 Å². The van der Waals surface area contributed by atoms with E-state index in [4.69, 9.17) is 4.74 Å². The van der Waals surface area contributed by atoms with E-state index in [-0.39, 0.29) is 18.9 Å². The molecule has 1 aromatic carbocycles. The zero-order valence-corrected chi connectivity index (χ0v) is 10.6. The molecule has 0 saturated heterocycles. The second-order valence-corrected chi connectivity index (χ2v) is 3.59. The molecule has 0 bridgehead atoms. The van der Waals surface area contributed by atoms with Gasteiger partial charge in [0.1, 0.15) is 5.75 Å². The third-order valence-electron chi connectivity index (χ3n) is 2.40. The Hall–Kier alpha value is -2.04. The molecule has 0 heterocycles. The van der Waals surface area contributed by atoms with Crippen molar-refractivity contribution >= 4 is 12.1 Å². The van der Waals surface area contributed by atoms with Gasteiger partial charge in [-0.05, 0) is 19.1 Å². The summed E-state index contributed by atoms with van der Waals surface area (Å²) >= 11 is 0. The average Bonchev–Trinajstić information content (AvgIpc) is 2.40. The fraction of sp³-hybridized carbons (Fsp3) is 0.385. The van der Waals surface area contributed by atoms with E-state index in [9.17, 15) is 9.59 Å². The molecule has 0 aliphatic carbocycles. The molecular formula is C13H17NO4. The Labute approximate surface area is 106 Å². The molecule has 18 heavy (non-hydrogen) atoms. The number of carbonyl (C=O) groups is 2. The van der Waals surface area contributed by atoms with Gasteiger partial charge >= 0.3 is 12.1 Å². The van der Waals surface area contributed by atoms with Crippen LogP contribution in [0.15, 0.2) is 30.3 Å². The zero-order chi connectivity index (χ0) is 13.4. The molecule has 0 spiro atoms. The average molecular weight is 251 g/mol. The SMILES string of the molecule is CCN(CCC(=O)OC)C(=O)Oc1ccccc1. The number of para-hydroxylation sites is 1. The second kappa shape index (κ2) is 7.32. The van der Waals surface area contributed by atoms with Crippen LogP contribution in [0.4, 0.5) is 4.79 Å². The van der Waals surface area contributed by atoms with Gasteiger partial charge < -0.3 is 14.4 Å². The van der Waals surface area contributed by atoms with Crippen molar-refractivity contribution in [1.82, 2.24) is 4.90 Å². The van der Waals surface area contributed by atoms with Crippen LogP contribution in [0.3, 0.4) is 0 Å². The standard InChI is InChI=1S/C13H17NO4/c1-3-14(10-9-12(15)17-2)13(16)18-11-7-5-4-6-8-11/h4-8H,3,9-10H2,1-2H3. The minimum Gasteiger partial charge on any atom is -0.469 e. The van der Waals surface area contributed by atoms with Gasteiger partial charge in [-0.25, -0.2) is 4.79 Å². The Morgan fingerprint density at radius 3 is 2.44 bits per heavy atom. The summed E-state index contributed by atoms with van der Waals surface area (Å²) in [7, 11) is 1.32. The lowest BCUT2D eigenvalue weighted by Gasteiger charge is -2.19. The first-order chi connectivity index (χ1) is 8.67. The summed E-state index contributed by atoms with van der Waals surface area (Å²) in [5.74, 6) is 0.139. The number of methoxy groups -OCH3 is 1. The van der Waals surface area contributed by atoms with Gasteiger partial charge in [0, 0.05) is 13.1 Å². The monoisotopic (exact) mass is 251 g/mol. The molecule has 1 rings (SSSR count). The maximum absolute atomic E-state index is 11.8. The lowest BCUT2D eigenvalue weighted by molar-refractivity contribution is -0.140. The summed E-state index contributed by atoms with van der Waals surface area (Å²) in [5.41, 5.74) is 0. The largest absolute Gasteiger partial charge is 0.469 e. The normalized spacial score (nSPS) is 9.67. The van der Waals surface area contributed by atoms with Gasteiger partial charge in [-0.2, -0.15) is 0 Å². The van der Waals surface area contributed by atoms with Crippen LogP contribution in [0.5, 0.6) is 5.75 Å². The summed E-state index contributed by atoms with van der Waals surface area (Å²) < 4.78 is 9.69. The molecule has 98 valence electrons. The molecule has 1 aromatic rings. The van der Waals surface area contributed by atoms with Gasteiger partial charge in [-0.15, -0.1) is 0 Å². The number of hydrogen-bond acceptors (Lipinski definition) is 4. The molecule has 0 aliphatic rings. The fourth-order valence-electron chi connectivity index (χ4n) is 1.36. The molecule has 0 fully saturated rings. The highest BCUT2D eigenvalue weighted by Gasteiger charge is 2.15. The van der Waals surface area contributed by atoms with E-state index in [2.05, 4.69) is 4.74 Å². The molecule has 5 heteroatoms. The topological polar surface area (TPSA) is 55.8 Å². The van der Waals surface area contributed by atoms with Crippen LogP contribution in [0, 0.1) is 0 Å². The molecule has 1 amide bonds. The van der Waals surface area contributed by atoms with E-state index in [1.54, 1.807) is 24.3 Å². The Balaban J connectivity index is 2.49. The third-order valence-corrected chi connectivity index (χ3v) is 2.40. The number of esters is 1. The van der Waals surface area contributed by atoms with Crippen molar-refractivity contribution in [2.75, 3.05) is 20.2 Å². The maximum atomic E-state index is 11.8. The minimum absolute atomic E-state index is 0.161. The first-order valence-corrected chi connectivity index (χ1v) is 5.76. The molecule has 5 nitrogen and oxygen atoms in total. The number of hydrogen-bond donors (Lipinski definition) is 0. The van der Waals surface area contributed by atoms with Crippen molar-refractivity contribution in [2.45, 2.75) is 13.3 Å². The van der Waals surface area contributed by atoms with Crippen LogP contribution in [0.25, 0.3) is 0 Å². The molecule has 0 saturated carbocycles. The Morgan fingerprint density at radius 2 is 1.89 bits per heavy atom. The highest BCUT2D eigenvalue weighted by molar-refractivity contribution is 5.73. The number of benzene rings is 1. The molecule has 0 aromatic heterocycles. The highest BCUT2D eigenvalue weighted by Crippen LogP contribution is 2.10. The van der Waals surface area contributed by atoms with E-state index in [1.165, 1.54) is 12.0 Å². The quantitative estimate of drug-likeness (QED) is 0.752. The van der Waals surface area contributed by atoms with Crippen LogP contribution in [0.2, 0.25) is 0 Å². The smallest absolute Gasteiger partial charge is 0.415 e. The van der Waals surface area contributed by atoms with Crippen molar-refractivity contribution in [3.8, 4) is 5.75 Å². The summed E-state index contributed by atoms with van der Waals surface area (Å²) in [6.45, 7) is 2.58. The first kappa shape index (κ1) is 14.0. The molecular weight excluding hydrogens is 234 g/mol. The van der Waals surface area contributed by atoms with Crippen molar-refractivity contribution in [3.63, 3.8) is 0 Å². The van der Waals surface area contributed by atoms with Gasteiger partial charge in [0.05, 0.1) is 13.5 Å². The second-order valence-electron chi connectivity index (χ2n) is 3.59. The van der Waals surface area contributed by atoms with Crippen molar-refractivity contribution in [1.29, 1.82) is 0 Å². The van der Waals surface area contributed by atoms with E-state index in [1.807, 2.05) is 13.0 Å². The first-order valence-electron chi connectivity index (χ1n) is 5.76. The predicted molar refractivity (Wildman–Crippen MR) is 66.3 cm³/mol. The van der Waals surface area contributed by atoms with E-state index >= 15 is 0 Å². The van der Waals surface area contributed by atoms with E-state index < -0.39 is 6.09 Å². The van der Waals surface area contributed by atoms with Crippen LogP contribution in [0.1, 0.15) is 13.3 Å². The number of rotatable bonds is 5. The van der Waals surface area contributed by atoms with E-state index in [0.717, 1.165) is 0 Å². The molecule has 0 N–H and O–H groups in total. The molecule has 0 atom stereocenters. The van der Waals surface area contributed by atoms with E-state index in [0.29, 0.717) is 12.3 Å². The van der Waals surface area contributed by atoms with Gasteiger partial charge in [0.2, 0.25) is 0 Å². The lowest BCUT2D eigenvalue weighted by atomic mass is 10.3. The van der Waals surface area contributed by atoms with Gasteiger partial charge in [0.25, 0.3) is 0 Å². The fourth-order valence-corrected chi connectivity index (χ4v) is 1.36. The number of ether oxygens (including phenoxy) is 2. The zero-order valence-electron chi connectivity index (χ0n) is 10.6. The Morgan fingerprint density at radius 1 is 1.22 bits per heavy atom. The summed E-state index contributed by atoms with van der Waals surface area (Å²) in [5, 5.41) is 0. The van der Waals surface area contributed by atoms with Crippen molar-refractivity contribution < 1.29 is 19.1 Å². The predicted octanol–water partition coefficient (Wildman–Crippen LogP) is 2.07. The lowest BCUT2D eigenvalue weighted by Crippen LogP contribution is -2.35. The Kier molecular flexibility index (Phi) is 5.70. The van der Waals surface area contributed by atoms with Gasteiger partial charge in [-0.3, -0.25) is 4.79 Å². The van der Waals surface area contributed by atoms with Crippen LogP contribution >= 0.6 is 0 Å². The summed E-state index contributed by atoms with van der Waals surface area (Å²) in [6, 6.07) is 8.81. The third kappa shape index (κ3) is 4.45. The number of amides is 1. The van der Waals surface area contributed by atoms with Crippen molar-refractivity contribution in [3.05, 3.63) is 30.3 Å². The number of nitrogens with zero attached hydrogens (tertiary/aromatic N) is 1. The molecule has 0 unspecified atom stereocenters. The summed E-state index contributed by atoms with van der Waals surface area (Å²) in [4.78, 5) is 24.3. The van der Waals surface area contributed by atoms with Crippen LogP contribution < -0.4 is 4.74 Å². The highest BCUT2D eigenvalue weighted by atomic mass is 16.6. The Bertz CT molecular complexity index is 391. The van der Waals surface area contributed by atoms with Gasteiger partial charge in [0.15, 0.2) is 0 Å². The minimum atomic E-state index is -0.465. The summed E-state index contributed by atoms with van der Waals surface area (Å²) in [6.07, 6.45) is -0.304. The molecule has 0 radical (unpaired) electrons. The molecule has 0 aliphatic heterocycles. The maximum Gasteiger partial charge on any atom is 0.415 e. The number of carbonyl (C=O) groups excluding carboxylic acids is 2.